The van der Waals surface area contributed by atoms with E-state index in [-0.39, 0.29) is 11.8 Å². The van der Waals surface area contributed by atoms with Crippen molar-refractivity contribution in [2.75, 3.05) is 29.6 Å². The lowest BCUT2D eigenvalue weighted by atomic mass is 9.98. The first-order chi connectivity index (χ1) is 18.0. The van der Waals surface area contributed by atoms with Crippen LogP contribution in [0, 0.1) is 0 Å². The van der Waals surface area contributed by atoms with Crippen LogP contribution >= 0.6 is 0 Å². The summed E-state index contributed by atoms with van der Waals surface area (Å²) in [5, 5.41) is 9.60. The molecule has 0 saturated heterocycles. The van der Waals surface area contributed by atoms with Gasteiger partial charge in [0.15, 0.2) is 0 Å². The lowest BCUT2D eigenvalue weighted by Crippen LogP contribution is -2.26. The molecule has 0 atom stereocenters. The van der Waals surface area contributed by atoms with Gasteiger partial charge in [0.2, 0.25) is 0 Å². The molecule has 184 valence electrons. The molecule has 2 amide bonds. The van der Waals surface area contributed by atoms with Gasteiger partial charge in [0.25, 0.3) is 11.8 Å². The molecule has 1 aliphatic rings. The molecule has 0 spiro atoms. The Kier molecular flexibility index (Phi) is 6.83. The zero-order valence-corrected chi connectivity index (χ0v) is 20.8. The Balaban J connectivity index is 1.57. The molecule has 1 aliphatic heterocycles. The molecule has 3 N–H and O–H groups in total. The van der Waals surface area contributed by atoms with Crippen molar-refractivity contribution in [3.05, 3.63) is 125 Å². The first-order valence-electron chi connectivity index (χ1n) is 12.1. The highest BCUT2D eigenvalue weighted by Crippen LogP contribution is 2.38. The maximum atomic E-state index is 13.3. The smallest absolute Gasteiger partial charge is 0.258 e. The molecule has 0 radical (unpaired) electrons. The van der Waals surface area contributed by atoms with Gasteiger partial charge >= 0.3 is 0 Å². The third-order valence-corrected chi connectivity index (χ3v) is 6.38. The summed E-state index contributed by atoms with van der Waals surface area (Å²) in [5.41, 5.74) is 6.75. The monoisotopic (exact) mass is 488 g/mol. The number of nitrogens with zero attached hydrogens (tertiary/aromatic N) is 1. The van der Waals surface area contributed by atoms with Crippen molar-refractivity contribution < 1.29 is 9.59 Å². The number of hydrogen-bond acceptors (Lipinski definition) is 4. The number of benzene rings is 4. The number of amides is 2. The van der Waals surface area contributed by atoms with E-state index in [1.807, 2.05) is 92.0 Å². The standard InChI is InChI=1S/C31H28N4O2/c1-32-20-21-13-16-24(17-14-21)33-29(22-9-5-3-6-10-22)28-26-19-23(15-18-27(26)34-30(28)36)31(37)35(2)25-11-7-4-8-12-25/h3-19,32-33H,20H2,1-2H3,(H,34,36). The largest absolute Gasteiger partial charge is 0.354 e. The molecular formula is C31H28N4O2. The van der Waals surface area contributed by atoms with E-state index in [1.54, 1.807) is 30.1 Å². The van der Waals surface area contributed by atoms with E-state index in [4.69, 9.17) is 0 Å². The van der Waals surface area contributed by atoms with Crippen molar-refractivity contribution in [3.8, 4) is 0 Å². The molecule has 6 nitrogen and oxygen atoms in total. The predicted molar refractivity (Wildman–Crippen MR) is 150 cm³/mol. The number of nitrogens with one attached hydrogen (secondary N) is 3. The molecule has 4 aromatic carbocycles. The Hall–Kier alpha value is -4.68. The van der Waals surface area contributed by atoms with E-state index < -0.39 is 0 Å². The molecule has 0 saturated carbocycles. The molecule has 0 bridgehead atoms. The fourth-order valence-electron chi connectivity index (χ4n) is 4.45. The number of para-hydroxylation sites is 1. The zero-order valence-electron chi connectivity index (χ0n) is 20.8. The van der Waals surface area contributed by atoms with E-state index in [0.717, 1.165) is 29.0 Å². The lowest BCUT2D eigenvalue weighted by Gasteiger charge is -2.18. The molecule has 4 aromatic rings. The lowest BCUT2D eigenvalue weighted by molar-refractivity contribution is -0.110. The number of anilines is 3. The third kappa shape index (κ3) is 5.01. The summed E-state index contributed by atoms with van der Waals surface area (Å²) >= 11 is 0. The molecule has 0 aliphatic carbocycles. The Labute approximate surface area is 216 Å². The van der Waals surface area contributed by atoms with E-state index in [0.29, 0.717) is 28.1 Å². The summed E-state index contributed by atoms with van der Waals surface area (Å²) in [6.07, 6.45) is 0. The average Bonchev–Trinajstić information content (AvgIpc) is 3.27. The van der Waals surface area contributed by atoms with Crippen LogP contribution in [0.1, 0.15) is 27.0 Å². The van der Waals surface area contributed by atoms with Gasteiger partial charge in [-0.2, -0.15) is 0 Å². The van der Waals surface area contributed by atoms with Crippen LogP contribution in [0.5, 0.6) is 0 Å². The van der Waals surface area contributed by atoms with Crippen LogP contribution in [0.15, 0.2) is 103 Å². The minimum absolute atomic E-state index is 0.151. The molecule has 6 heteroatoms. The van der Waals surface area contributed by atoms with Gasteiger partial charge in [-0.1, -0.05) is 60.7 Å². The van der Waals surface area contributed by atoms with Crippen molar-refractivity contribution in [2.24, 2.45) is 0 Å². The van der Waals surface area contributed by atoms with Crippen LogP contribution in [0.2, 0.25) is 0 Å². The highest BCUT2D eigenvalue weighted by atomic mass is 16.2. The van der Waals surface area contributed by atoms with Crippen LogP contribution in [-0.2, 0) is 11.3 Å². The van der Waals surface area contributed by atoms with Crippen molar-refractivity contribution in [1.29, 1.82) is 0 Å². The number of carbonyl (C=O) groups excluding carboxylic acids is 2. The highest BCUT2D eigenvalue weighted by Gasteiger charge is 2.30. The average molecular weight is 489 g/mol. The van der Waals surface area contributed by atoms with E-state index in [1.165, 1.54) is 0 Å². The fraction of sp³-hybridized carbons (Fsp3) is 0.0968. The summed E-state index contributed by atoms with van der Waals surface area (Å²) in [4.78, 5) is 28.2. The van der Waals surface area contributed by atoms with Crippen LogP contribution in [0.3, 0.4) is 0 Å². The van der Waals surface area contributed by atoms with Crippen molar-refractivity contribution in [2.45, 2.75) is 6.54 Å². The van der Waals surface area contributed by atoms with Crippen LogP contribution in [0.4, 0.5) is 17.1 Å². The maximum absolute atomic E-state index is 13.3. The summed E-state index contributed by atoms with van der Waals surface area (Å²) in [7, 11) is 3.66. The summed E-state index contributed by atoms with van der Waals surface area (Å²) < 4.78 is 0. The van der Waals surface area contributed by atoms with Crippen LogP contribution in [-0.4, -0.2) is 25.9 Å². The summed E-state index contributed by atoms with van der Waals surface area (Å²) in [6, 6.07) is 32.7. The second-order valence-electron chi connectivity index (χ2n) is 8.88. The normalized spacial score (nSPS) is 13.5. The Morgan fingerprint density at radius 2 is 1.51 bits per heavy atom. The fourth-order valence-corrected chi connectivity index (χ4v) is 4.45. The van der Waals surface area contributed by atoms with Gasteiger partial charge in [0.05, 0.1) is 11.3 Å². The van der Waals surface area contributed by atoms with E-state index >= 15 is 0 Å². The van der Waals surface area contributed by atoms with Gasteiger partial charge in [-0.25, -0.2) is 0 Å². The topological polar surface area (TPSA) is 73.5 Å². The number of hydrogen-bond donors (Lipinski definition) is 3. The van der Waals surface area contributed by atoms with Gasteiger partial charge in [0, 0.05) is 41.8 Å². The first kappa shape index (κ1) is 24.0. The molecule has 1 heterocycles. The van der Waals surface area contributed by atoms with Gasteiger partial charge in [-0.3, -0.25) is 9.59 Å². The quantitative estimate of drug-likeness (QED) is 0.296. The van der Waals surface area contributed by atoms with Crippen molar-refractivity contribution in [1.82, 2.24) is 5.32 Å². The Morgan fingerprint density at radius 3 is 2.19 bits per heavy atom. The molecule has 0 fully saturated rings. The van der Waals surface area contributed by atoms with Gasteiger partial charge in [-0.15, -0.1) is 0 Å². The molecule has 0 unspecified atom stereocenters. The third-order valence-electron chi connectivity index (χ3n) is 6.38. The molecular weight excluding hydrogens is 460 g/mol. The summed E-state index contributed by atoms with van der Waals surface area (Å²) in [5.74, 6) is -0.365. The van der Waals surface area contributed by atoms with E-state index in [9.17, 15) is 9.59 Å². The predicted octanol–water partition coefficient (Wildman–Crippen LogP) is 5.62. The summed E-state index contributed by atoms with van der Waals surface area (Å²) in [6.45, 7) is 0.775. The van der Waals surface area contributed by atoms with Crippen molar-refractivity contribution in [3.63, 3.8) is 0 Å². The first-order valence-corrected chi connectivity index (χ1v) is 12.1. The molecule has 5 rings (SSSR count). The Bertz CT molecular complexity index is 1460. The number of fused-ring (bicyclic) bond motifs is 1. The molecule has 37 heavy (non-hydrogen) atoms. The van der Waals surface area contributed by atoms with Crippen molar-refractivity contribution >= 4 is 40.1 Å². The number of rotatable bonds is 7. The van der Waals surface area contributed by atoms with Crippen LogP contribution < -0.4 is 20.9 Å². The van der Waals surface area contributed by atoms with E-state index in [2.05, 4.69) is 16.0 Å². The minimum atomic E-state index is -0.214. The molecule has 0 aromatic heterocycles. The van der Waals surface area contributed by atoms with Gasteiger partial charge < -0.3 is 20.9 Å². The van der Waals surface area contributed by atoms with Gasteiger partial charge in [0.1, 0.15) is 0 Å². The second-order valence-corrected chi connectivity index (χ2v) is 8.88. The second kappa shape index (κ2) is 10.5. The highest BCUT2D eigenvalue weighted by molar-refractivity contribution is 6.37. The van der Waals surface area contributed by atoms with Crippen LogP contribution in [0.25, 0.3) is 11.3 Å². The number of carbonyl (C=O) groups is 2. The van der Waals surface area contributed by atoms with Gasteiger partial charge in [-0.05, 0) is 60.6 Å². The zero-order chi connectivity index (χ0) is 25.8. The maximum Gasteiger partial charge on any atom is 0.258 e. The Morgan fingerprint density at radius 1 is 0.838 bits per heavy atom. The SMILES string of the molecule is CNCc1ccc(NC(=C2C(=O)Nc3ccc(C(=O)N(C)c4ccccc4)cc32)c2ccccc2)cc1. The minimum Gasteiger partial charge on any atom is -0.354 e.